The Labute approximate surface area is 140 Å². The van der Waals surface area contributed by atoms with Gasteiger partial charge in [0.2, 0.25) is 5.95 Å². The van der Waals surface area contributed by atoms with E-state index in [0.29, 0.717) is 11.6 Å². The van der Waals surface area contributed by atoms with Gasteiger partial charge in [0.05, 0.1) is 6.33 Å². The molecule has 4 rings (SSSR count). The summed E-state index contributed by atoms with van der Waals surface area (Å²) in [6.45, 7) is 7.03. The molecule has 0 amide bonds. The van der Waals surface area contributed by atoms with Crippen LogP contribution in [0, 0.1) is 0 Å². The van der Waals surface area contributed by atoms with Gasteiger partial charge in [0, 0.05) is 30.9 Å². The van der Waals surface area contributed by atoms with Gasteiger partial charge in [-0.05, 0) is 26.0 Å². The summed E-state index contributed by atoms with van der Waals surface area (Å²) in [4.78, 5) is 19.1. The summed E-state index contributed by atoms with van der Waals surface area (Å²) < 4.78 is 0. The first-order chi connectivity index (χ1) is 11.6. The first-order valence-electron chi connectivity index (χ1n) is 8.14. The Morgan fingerprint density at radius 3 is 2.79 bits per heavy atom. The van der Waals surface area contributed by atoms with Crippen LogP contribution in [0.5, 0.6) is 0 Å². The maximum atomic E-state index is 4.76. The molecule has 7 nitrogen and oxygen atoms in total. The van der Waals surface area contributed by atoms with Gasteiger partial charge in [-0.25, -0.2) is 4.98 Å². The second kappa shape index (κ2) is 5.76. The van der Waals surface area contributed by atoms with Crippen molar-refractivity contribution in [1.29, 1.82) is 0 Å². The molecule has 0 aliphatic carbocycles. The predicted octanol–water partition coefficient (Wildman–Crippen LogP) is 2.28. The van der Waals surface area contributed by atoms with Crippen LogP contribution in [0.25, 0.3) is 11.2 Å². The lowest BCUT2D eigenvalue weighted by molar-refractivity contribution is 0.350. The largest absolute Gasteiger partial charge is 0.340 e. The molecule has 1 aromatic carbocycles. The van der Waals surface area contributed by atoms with E-state index in [2.05, 4.69) is 44.3 Å². The standard InChI is InChI=1S/C17H21N7/c1-17(2)10-24(9-8-20-17)16-22-14-13(18-11-19-14)15(23-16)21-12-6-4-3-5-7-12/h3-7,11,20H,8-10H2,1-2H3,(H2,18,19,21,22,23). The lowest BCUT2D eigenvalue weighted by atomic mass is 10.0. The number of hydrogen-bond acceptors (Lipinski definition) is 6. The Morgan fingerprint density at radius 1 is 1.17 bits per heavy atom. The van der Waals surface area contributed by atoms with Crippen molar-refractivity contribution in [2.45, 2.75) is 19.4 Å². The summed E-state index contributed by atoms with van der Waals surface area (Å²) in [6, 6.07) is 10.0. The minimum atomic E-state index is 0.0369. The highest BCUT2D eigenvalue weighted by Crippen LogP contribution is 2.25. The molecule has 0 radical (unpaired) electrons. The zero-order valence-electron chi connectivity index (χ0n) is 13.9. The Balaban J connectivity index is 1.72. The van der Waals surface area contributed by atoms with E-state index in [1.54, 1.807) is 6.33 Å². The van der Waals surface area contributed by atoms with Gasteiger partial charge in [-0.3, -0.25) is 0 Å². The van der Waals surface area contributed by atoms with E-state index >= 15 is 0 Å². The van der Waals surface area contributed by atoms with Gasteiger partial charge >= 0.3 is 0 Å². The van der Waals surface area contributed by atoms with Crippen LogP contribution >= 0.6 is 0 Å². The van der Waals surface area contributed by atoms with Gasteiger partial charge in [0.15, 0.2) is 11.5 Å². The Kier molecular flexibility index (Phi) is 3.57. The van der Waals surface area contributed by atoms with Crippen LogP contribution in [0.2, 0.25) is 0 Å². The van der Waals surface area contributed by atoms with Crippen molar-refractivity contribution in [3.8, 4) is 0 Å². The molecule has 7 heteroatoms. The van der Waals surface area contributed by atoms with Gasteiger partial charge in [0.1, 0.15) is 5.52 Å². The number of benzene rings is 1. The molecule has 0 unspecified atom stereocenters. The van der Waals surface area contributed by atoms with Crippen LogP contribution in [-0.2, 0) is 0 Å². The summed E-state index contributed by atoms with van der Waals surface area (Å²) in [6.07, 6.45) is 1.65. The minimum Gasteiger partial charge on any atom is -0.340 e. The number of rotatable bonds is 3. The molecule has 1 fully saturated rings. The van der Waals surface area contributed by atoms with Gasteiger partial charge in [-0.2, -0.15) is 9.97 Å². The van der Waals surface area contributed by atoms with Crippen molar-refractivity contribution in [2.24, 2.45) is 0 Å². The molecule has 124 valence electrons. The van der Waals surface area contributed by atoms with Crippen LogP contribution in [0.1, 0.15) is 13.8 Å². The molecule has 3 heterocycles. The van der Waals surface area contributed by atoms with E-state index in [4.69, 9.17) is 4.98 Å². The number of piperazine rings is 1. The number of fused-ring (bicyclic) bond motifs is 1. The van der Waals surface area contributed by atoms with E-state index in [-0.39, 0.29) is 5.54 Å². The molecule has 3 N–H and O–H groups in total. The summed E-state index contributed by atoms with van der Waals surface area (Å²) in [5, 5.41) is 6.88. The highest BCUT2D eigenvalue weighted by atomic mass is 15.3. The molecule has 0 bridgehead atoms. The zero-order chi connectivity index (χ0) is 16.6. The number of aromatic nitrogens is 4. The van der Waals surface area contributed by atoms with E-state index in [1.807, 2.05) is 30.3 Å². The molecule has 3 aromatic rings. The molecular formula is C17H21N7. The topological polar surface area (TPSA) is 81.8 Å². The molecule has 0 atom stereocenters. The first-order valence-corrected chi connectivity index (χ1v) is 8.14. The minimum absolute atomic E-state index is 0.0369. The van der Waals surface area contributed by atoms with Crippen LogP contribution in [0.15, 0.2) is 36.7 Å². The monoisotopic (exact) mass is 323 g/mol. The third-order valence-electron chi connectivity index (χ3n) is 4.16. The number of nitrogens with zero attached hydrogens (tertiary/aromatic N) is 4. The number of imidazole rings is 1. The summed E-state index contributed by atoms with van der Waals surface area (Å²) in [5.41, 5.74) is 2.51. The van der Waals surface area contributed by atoms with Crippen LogP contribution in [0.4, 0.5) is 17.5 Å². The molecular weight excluding hydrogens is 302 g/mol. The van der Waals surface area contributed by atoms with Crippen molar-refractivity contribution in [3.63, 3.8) is 0 Å². The Hall–Kier alpha value is -2.67. The fourth-order valence-electron chi connectivity index (χ4n) is 3.02. The number of para-hydroxylation sites is 1. The van der Waals surface area contributed by atoms with Crippen LogP contribution in [-0.4, -0.2) is 45.1 Å². The van der Waals surface area contributed by atoms with E-state index in [1.165, 1.54) is 0 Å². The SMILES string of the molecule is CC1(C)CN(c2nc(Nc3ccccc3)c3[nH]cnc3n2)CCN1. The number of H-pyrrole nitrogens is 1. The summed E-state index contributed by atoms with van der Waals surface area (Å²) in [7, 11) is 0. The molecule has 1 aliphatic rings. The van der Waals surface area contributed by atoms with Gasteiger partial charge in [-0.15, -0.1) is 0 Å². The summed E-state index contributed by atoms with van der Waals surface area (Å²) in [5.74, 6) is 1.46. The quantitative estimate of drug-likeness (QED) is 0.686. The molecule has 24 heavy (non-hydrogen) atoms. The van der Waals surface area contributed by atoms with Crippen molar-refractivity contribution in [2.75, 3.05) is 29.9 Å². The normalized spacial score (nSPS) is 17.2. The second-order valence-electron chi connectivity index (χ2n) is 6.70. The average Bonchev–Trinajstić information content (AvgIpc) is 3.04. The smallest absolute Gasteiger partial charge is 0.229 e. The maximum Gasteiger partial charge on any atom is 0.229 e. The van der Waals surface area contributed by atoms with Crippen molar-refractivity contribution in [3.05, 3.63) is 36.7 Å². The van der Waals surface area contributed by atoms with Gasteiger partial charge < -0.3 is 20.5 Å². The fraction of sp³-hybridized carbons (Fsp3) is 0.353. The van der Waals surface area contributed by atoms with Crippen LogP contribution < -0.4 is 15.5 Å². The van der Waals surface area contributed by atoms with E-state index in [0.717, 1.165) is 36.7 Å². The molecule has 2 aromatic heterocycles. The van der Waals surface area contributed by atoms with E-state index in [9.17, 15) is 0 Å². The first kappa shape index (κ1) is 14.9. The Bertz CT molecular complexity index is 841. The number of nitrogens with one attached hydrogen (secondary N) is 3. The van der Waals surface area contributed by atoms with E-state index < -0.39 is 0 Å². The highest BCUT2D eigenvalue weighted by Gasteiger charge is 2.28. The number of aromatic amines is 1. The number of hydrogen-bond donors (Lipinski definition) is 3. The third kappa shape index (κ3) is 2.90. The molecule has 1 saturated heterocycles. The predicted molar refractivity (Wildman–Crippen MR) is 95.7 cm³/mol. The molecule has 1 aliphatic heterocycles. The van der Waals surface area contributed by atoms with Crippen molar-refractivity contribution < 1.29 is 0 Å². The molecule has 0 saturated carbocycles. The highest BCUT2D eigenvalue weighted by molar-refractivity contribution is 5.86. The lowest BCUT2D eigenvalue weighted by Crippen LogP contribution is -2.57. The Morgan fingerprint density at radius 2 is 2.00 bits per heavy atom. The number of anilines is 3. The lowest BCUT2D eigenvalue weighted by Gasteiger charge is -2.39. The zero-order valence-corrected chi connectivity index (χ0v) is 13.9. The van der Waals surface area contributed by atoms with Gasteiger partial charge in [-0.1, -0.05) is 18.2 Å². The van der Waals surface area contributed by atoms with Crippen molar-refractivity contribution in [1.82, 2.24) is 25.3 Å². The maximum absolute atomic E-state index is 4.76. The average molecular weight is 323 g/mol. The second-order valence-corrected chi connectivity index (χ2v) is 6.70. The summed E-state index contributed by atoms with van der Waals surface area (Å²) >= 11 is 0. The fourth-order valence-corrected chi connectivity index (χ4v) is 3.02. The van der Waals surface area contributed by atoms with Crippen LogP contribution in [0.3, 0.4) is 0 Å². The van der Waals surface area contributed by atoms with Gasteiger partial charge in [0.25, 0.3) is 0 Å². The van der Waals surface area contributed by atoms with Crippen molar-refractivity contribution >= 4 is 28.6 Å². The third-order valence-corrected chi connectivity index (χ3v) is 4.16. The molecule has 0 spiro atoms.